The van der Waals surface area contributed by atoms with Gasteiger partial charge in [-0.1, -0.05) is 29.8 Å². The molecule has 4 nitrogen and oxygen atoms in total. The van der Waals surface area contributed by atoms with Gasteiger partial charge in [0.1, 0.15) is 5.82 Å². The SMILES string of the molecule is Cc1cccc(CCN(CC(=O)O)C2CCN(c3ccc(F)cc3)CC2)c1. The Morgan fingerprint density at radius 3 is 2.52 bits per heavy atom. The Hall–Kier alpha value is -2.40. The van der Waals surface area contributed by atoms with E-state index < -0.39 is 5.97 Å². The summed E-state index contributed by atoms with van der Waals surface area (Å²) in [4.78, 5) is 15.7. The second-order valence-corrected chi connectivity index (χ2v) is 7.30. The van der Waals surface area contributed by atoms with Crippen LogP contribution in [0.3, 0.4) is 0 Å². The van der Waals surface area contributed by atoms with Gasteiger partial charge in [-0.3, -0.25) is 9.69 Å². The molecule has 0 aliphatic carbocycles. The summed E-state index contributed by atoms with van der Waals surface area (Å²) >= 11 is 0. The van der Waals surface area contributed by atoms with Crippen LogP contribution in [0.15, 0.2) is 48.5 Å². The molecule has 0 spiro atoms. The van der Waals surface area contributed by atoms with Gasteiger partial charge in [-0.05, 0) is 56.0 Å². The predicted molar refractivity (Wildman–Crippen MR) is 106 cm³/mol. The molecule has 27 heavy (non-hydrogen) atoms. The van der Waals surface area contributed by atoms with E-state index in [4.69, 9.17) is 0 Å². The number of carbonyl (C=O) groups is 1. The van der Waals surface area contributed by atoms with E-state index in [9.17, 15) is 14.3 Å². The molecular weight excluding hydrogens is 343 g/mol. The number of benzene rings is 2. The highest BCUT2D eigenvalue weighted by atomic mass is 19.1. The summed E-state index contributed by atoms with van der Waals surface area (Å²) in [6.07, 6.45) is 2.68. The summed E-state index contributed by atoms with van der Waals surface area (Å²) in [5.41, 5.74) is 3.50. The first kappa shape index (κ1) is 19.4. The van der Waals surface area contributed by atoms with Gasteiger partial charge in [-0.15, -0.1) is 0 Å². The average Bonchev–Trinajstić information content (AvgIpc) is 2.66. The summed E-state index contributed by atoms with van der Waals surface area (Å²) in [6.45, 7) is 4.61. The summed E-state index contributed by atoms with van der Waals surface area (Å²) in [7, 11) is 0. The lowest BCUT2D eigenvalue weighted by atomic mass is 10.0. The molecule has 1 fully saturated rings. The zero-order valence-electron chi connectivity index (χ0n) is 15.8. The molecule has 1 aliphatic heterocycles. The van der Waals surface area contributed by atoms with Crippen LogP contribution in [-0.2, 0) is 11.2 Å². The highest BCUT2D eigenvalue weighted by Crippen LogP contribution is 2.23. The van der Waals surface area contributed by atoms with Crippen LogP contribution in [0, 0.1) is 12.7 Å². The molecule has 1 heterocycles. The van der Waals surface area contributed by atoms with Crippen LogP contribution in [0.25, 0.3) is 0 Å². The van der Waals surface area contributed by atoms with Gasteiger partial charge in [0.2, 0.25) is 0 Å². The van der Waals surface area contributed by atoms with Crippen LogP contribution in [0.2, 0.25) is 0 Å². The highest BCUT2D eigenvalue weighted by molar-refractivity contribution is 5.69. The second-order valence-electron chi connectivity index (χ2n) is 7.30. The molecule has 0 unspecified atom stereocenters. The molecule has 3 rings (SSSR count). The number of hydrogen-bond donors (Lipinski definition) is 1. The van der Waals surface area contributed by atoms with Crippen molar-refractivity contribution in [2.45, 2.75) is 32.2 Å². The number of halogens is 1. The lowest BCUT2D eigenvalue weighted by molar-refractivity contribution is -0.139. The number of piperidine rings is 1. The molecular formula is C22H27FN2O2. The van der Waals surface area contributed by atoms with Crippen molar-refractivity contribution in [3.63, 3.8) is 0 Å². The number of carboxylic acids is 1. The molecule has 0 amide bonds. The summed E-state index contributed by atoms with van der Waals surface area (Å²) in [5, 5.41) is 9.32. The maximum absolute atomic E-state index is 13.1. The van der Waals surface area contributed by atoms with Crippen LogP contribution in [-0.4, -0.2) is 48.2 Å². The second kappa shape index (κ2) is 9.00. The quantitative estimate of drug-likeness (QED) is 0.807. The number of anilines is 1. The first-order valence-electron chi connectivity index (χ1n) is 9.53. The monoisotopic (exact) mass is 370 g/mol. The fourth-order valence-corrected chi connectivity index (χ4v) is 3.85. The predicted octanol–water partition coefficient (Wildman–Crippen LogP) is 3.73. The third-order valence-electron chi connectivity index (χ3n) is 5.28. The van der Waals surface area contributed by atoms with Crippen molar-refractivity contribution in [3.8, 4) is 0 Å². The fraction of sp³-hybridized carbons (Fsp3) is 0.409. The Morgan fingerprint density at radius 2 is 1.89 bits per heavy atom. The van der Waals surface area contributed by atoms with Crippen LogP contribution in [0.5, 0.6) is 0 Å². The molecule has 1 N–H and O–H groups in total. The molecule has 1 aliphatic rings. The van der Waals surface area contributed by atoms with Gasteiger partial charge in [0.15, 0.2) is 0 Å². The van der Waals surface area contributed by atoms with Crippen molar-refractivity contribution in [2.24, 2.45) is 0 Å². The Bertz CT molecular complexity index is 755. The van der Waals surface area contributed by atoms with Crippen LogP contribution in [0.1, 0.15) is 24.0 Å². The fourth-order valence-electron chi connectivity index (χ4n) is 3.85. The molecule has 1 saturated heterocycles. The van der Waals surface area contributed by atoms with Crippen molar-refractivity contribution in [1.82, 2.24) is 4.90 Å². The zero-order chi connectivity index (χ0) is 19.2. The van der Waals surface area contributed by atoms with Gasteiger partial charge in [0.25, 0.3) is 0 Å². The summed E-state index contributed by atoms with van der Waals surface area (Å²) < 4.78 is 13.1. The Labute approximate surface area is 160 Å². The standard InChI is InChI=1S/C22H27FN2O2/c1-17-3-2-4-18(15-17)9-12-25(16-22(26)27)21-10-13-24(14-11-21)20-7-5-19(23)6-8-20/h2-8,15,21H,9-14,16H2,1H3,(H,26,27). The zero-order valence-corrected chi connectivity index (χ0v) is 15.8. The number of rotatable bonds is 7. The van der Waals surface area contributed by atoms with E-state index in [0.717, 1.165) is 44.6 Å². The van der Waals surface area contributed by atoms with Crippen molar-refractivity contribution >= 4 is 11.7 Å². The van der Waals surface area contributed by atoms with E-state index in [1.54, 1.807) is 0 Å². The van der Waals surface area contributed by atoms with E-state index in [1.165, 1.54) is 23.3 Å². The van der Waals surface area contributed by atoms with Crippen LogP contribution in [0.4, 0.5) is 10.1 Å². The average molecular weight is 370 g/mol. The first-order valence-corrected chi connectivity index (χ1v) is 9.53. The number of carboxylic acid groups (broad SMARTS) is 1. The summed E-state index contributed by atoms with van der Waals surface area (Å²) in [5.74, 6) is -1.00. The molecule has 0 saturated carbocycles. The minimum Gasteiger partial charge on any atom is -0.480 e. The maximum atomic E-state index is 13.1. The van der Waals surface area contributed by atoms with Crippen LogP contribution < -0.4 is 4.90 Å². The van der Waals surface area contributed by atoms with Crippen molar-refractivity contribution in [1.29, 1.82) is 0 Å². The largest absolute Gasteiger partial charge is 0.480 e. The minimum absolute atomic E-state index is 0.0764. The number of hydrogen-bond acceptors (Lipinski definition) is 3. The third-order valence-corrected chi connectivity index (χ3v) is 5.28. The van der Waals surface area contributed by atoms with Gasteiger partial charge < -0.3 is 10.0 Å². The lowest BCUT2D eigenvalue weighted by Gasteiger charge is -2.39. The van der Waals surface area contributed by atoms with Crippen molar-refractivity contribution in [2.75, 3.05) is 31.1 Å². The lowest BCUT2D eigenvalue weighted by Crippen LogP contribution is -2.47. The topological polar surface area (TPSA) is 43.8 Å². The molecule has 2 aromatic rings. The molecule has 144 valence electrons. The normalized spacial score (nSPS) is 15.3. The van der Waals surface area contributed by atoms with E-state index in [1.807, 2.05) is 18.2 Å². The number of aryl methyl sites for hydroxylation is 1. The van der Waals surface area contributed by atoms with Gasteiger partial charge in [0, 0.05) is 31.4 Å². The van der Waals surface area contributed by atoms with E-state index >= 15 is 0 Å². The molecule has 0 atom stereocenters. The molecule has 0 aromatic heterocycles. The molecule has 0 bridgehead atoms. The first-order chi connectivity index (χ1) is 13.0. The smallest absolute Gasteiger partial charge is 0.317 e. The Morgan fingerprint density at radius 1 is 1.19 bits per heavy atom. The van der Waals surface area contributed by atoms with E-state index in [-0.39, 0.29) is 18.4 Å². The number of nitrogens with zero attached hydrogens (tertiary/aromatic N) is 2. The molecule has 0 radical (unpaired) electrons. The summed E-state index contributed by atoms with van der Waals surface area (Å²) in [6, 6.07) is 15.2. The maximum Gasteiger partial charge on any atom is 0.317 e. The van der Waals surface area contributed by atoms with E-state index in [0.29, 0.717) is 0 Å². The highest BCUT2D eigenvalue weighted by Gasteiger charge is 2.26. The van der Waals surface area contributed by atoms with Crippen LogP contribution >= 0.6 is 0 Å². The third kappa shape index (κ3) is 5.54. The van der Waals surface area contributed by atoms with Gasteiger partial charge in [-0.2, -0.15) is 0 Å². The number of aliphatic carboxylic acids is 1. The van der Waals surface area contributed by atoms with E-state index in [2.05, 4.69) is 34.9 Å². The molecule has 5 heteroatoms. The van der Waals surface area contributed by atoms with Gasteiger partial charge in [-0.25, -0.2) is 4.39 Å². The Kier molecular flexibility index (Phi) is 6.45. The van der Waals surface area contributed by atoms with Crippen molar-refractivity contribution < 1.29 is 14.3 Å². The van der Waals surface area contributed by atoms with Crippen molar-refractivity contribution in [3.05, 3.63) is 65.5 Å². The molecule has 2 aromatic carbocycles. The van der Waals surface area contributed by atoms with Gasteiger partial charge in [0.05, 0.1) is 6.54 Å². The Balaban J connectivity index is 1.58. The van der Waals surface area contributed by atoms with Gasteiger partial charge >= 0.3 is 5.97 Å². The minimum atomic E-state index is -0.778.